The van der Waals surface area contributed by atoms with E-state index in [2.05, 4.69) is 26.4 Å². The molecule has 3 aromatic rings. The molecule has 0 aliphatic rings. The monoisotopic (exact) mass is 473 g/mol. The molecule has 0 saturated heterocycles. The van der Waals surface area contributed by atoms with Crippen LogP contribution in [0.25, 0.3) is 5.82 Å². The van der Waals surface area contributed by atoms with Crippen molar-refractivity contribution in [1.29, 1.82) is 0 Å². The summed E-state index contributed by atoms with van der Waals surface area (Å²) in [6, 6.07) is 10.2. The molecule has 9 heteroatoms. The molecule has 0 spiro atoms. The molecule has 30 heavy (non-hydrogen) atoms. The number of carbonyl (C=O) groups is 3. The van der Waals surface area contributed by atoms with E-state index >= 15 is 0 Å². The third-order valence-corrected chi connectivity index (χ3v) is 4.91. The number of aryl methyl sites for hydroxylation is 2. The average molecular weight is 474 g/mol. The first-order chi connectivity index (χ1) is 14.3. The van der Waals surface area contributed by atoms with Crippen molar-refractivity contribution >= 4 is 33.6 Å². The first-order valence-corrected chi connectivity index (χ1v) is 9.91. The first-order valence-electron chi connectivity index (χ1n) is 9.11. The standard InChI is InChI=1S/C21H20BrN3O5/c1-12-7-17(14(3)25(12)19-8-13(2)30-24-19)18(26)11-29-20(27)10-23-21(28)15-5-4-6-16(22)9-15/h4-9H,10-11H2,1-3H3,(H,23,28). The number of ketones is 1. The summed E-state index contributed by atoms with van der Waals surface area (Å²) in [7, 11) is 0. The zero-order valence-corrected chi connectivity index (χ0v) is 18.3. The second-order valence-electron chi connectivity index (χ2n) is 6.69. The fourth-order valence-electron chi connectivity index (χ4n) is 3.02. The van der Waals surface area contributed by atoms with Gasteiger partial charge in [0.1, 0.15) is 12.3 Å². The minimum atomic E-state index is -0.701. The largest absolute Gasteiger partial charge is 0.456 e. The summed E-state index contributed by atoms with van der Waals surface area (Å²) < 4.78 is 12.7. The number of benzene rings is 1. The molecule has 0 fully saturated rings. The molecular weight excluding hydrogens is 454 g/mol. The molecule has 1 N–H and O–H groups in total. The van der Waals surface area contributed by atoms with Crippen LogP contribution in [0.15, 0.2) is 45.4 Å². The second kappa shape index (κ2) is 9.08. The maximum Gasteiger partial charge on any atom is 0.325 e. The summed E-state index contributed by atoms with van der Waals surface area (Å²) in [6.45, 7) is 4.65. The van der Waals surface area contributed by atoms with Gasteiger partial charge in [0, 0.05) is 33.1 Å². The third-order valence-electron chi connectivity index (χ3n) is 4.42. The molecule has 0 saturated carbocycles. The number of hydrogen-bond acceptors (Lipinski definition) is 6. The van der Waals surface area contributed by atoms with Gasteiger partial charge in [-0.3, -0.25) is 19.0 Å². The lowest BCUT2D eigenvalue weighted by molar-refractivity contribution is -0.141. The van der Waals surface area contributed by atoms with Gasteiger partial charge in [-0.15, -0.1) is 0 Å². The number of Topliss-reactive ketones (excluding diaryl/α,β-unsaturated/α-hetero) is 1. The van der Waals surface area contributed by atoms with Crippen LogP contribution < -0.4 is 5.32 Å². The van der Waals surface area contributed by atoms with Crippen LogP contribution in [-0.4, -0.2) is 40.5 Å². The number of rotatable bonds is 7. The van der Waals surface area contributed by atoms with Crippen LogP contribution in [0, 0.1) is 20.8 Å². The maximum atomic E-state index is 12.5. The lowest BCUT2D eigenvalue weighted by atomic mass is 10.1. The van der Waals surface area contributed by atoms with E-state index in [4.69, 9.17) is 9.26 Å². The van der Waals surface area contributed by atoms with Gasteiger partial charge in [0.2, 0.25) is 5.78 Å². The third kappa shape index (κ3) is 4.85. The van der Waals surface area contributed by atoms with Gasteiger partial charge in [-0.05, 0) is 45.0 Å². The van der Waals surface area contributed by atoms with Gasteiger partial charge in [-0.1, -0.05) is 27.2 Å². The van der Waals surface area contributed by atoms with Crippen LogP contribution in [0.1, 0.15) is 37.9 Å². The van der Waals surface area contributed by atoms with Crippen LogP contribution in [0.5, 0.6) is 0 Å². The number of aromatic nitrogens is 2. The van der Waals surface area contributed by atoms with E-state index in [0.717, 1.165) is 10.2 Å². The normalized spacial score (nSPS) is 10.7. The zero-order valence-electron chi connectivity index (χ0n) is 16.7. The lowest BCUT2D eigenvalue weighted by Crippen LogP contribution is -2.31. The molecule has 156 valence electrons. The molecule has 8 nitrogen and oxygen atoms in total. The van der Waals surface area contributed by atoms with E-state index in [-0.39, 0.29) is 12.3 Å². The highest BCUT2D eigenvalue weighted by Crippen LogP contribution is 2.21. The summed E-state index contributed by atoms with van der Waals surface area (Å²) in [4.78, 5) is 36.5. The first kappa shape index (κ1) is 21.5. The van der Waals surface area contributed by atoms with E-state index in [1.54, 1.807) is 54.8 Å². The molecule has 1 aromatic carbocycles. The van der Waals surface area contributed by atoms with E-state index in [1.807, 2.05) is 6.92 Å². The molecule has 0 unspecified atom stereocenters. The number of carbonyl (C=O) groups excluding carboxylic acids is 3. The highest BCUT2D eigenvalue weighted by Gasteiger charge is 2.20. The van der Waals surface area contributed by atoms with Crippen LogP contribution >= 0.6 is 15.9 Å². The Morgan fingerprint density at radius 3 is 2.60 bits per heavy atom. The molecule has 0 bridgehead atoms. The number of amides is 1. The second-order valence-corrected chi connectivity index (χ2v) is 7.61. The molecule has 0 radical (unpaired) electrons. The summed E-state index contributed by atoms with van der Waals surface area (Å²) >= 11 is 3.28. The number of esters is 1. The molecule has 0 aliphatic carbocycles. The molecule has 1 amide bonds. The molecular formula is C21H20BrN3O5. The topological polar surface area (TPSA) is 103 Å². The predicted molar refractivity (Wildman–Crippen MR) is 112 cm³/mol. The zero-order chi connectivity index (χ0) is 21.8. The van der Waals surface area contributed by atoms with Gasteiger partial charge in [0.15, 0.2) is 12.4 Å². The van der Waals surface area contributed by atoms with Gasteiger partial charge in [0.05, 0.1) is 0 Å². The van der Waals surface area contributed by atoms with Gasteiger partial charge < -0.3 is 14.6 Å². The van der Waals surface area contributed by atoms with Crippen LogP contribution in [0.3, 0.4) is 0 Å². The number of ether oxygens (including phenoxy) is 1. The molecule has 0 aliphatic heterocycles. The van der Waals surface area contributed by atoms with Crippen molar-refractivity contribution in [3.05, 3.63) is 69.1 Å². The van der Waals surface area contributed by atoms with E-state index < -0.39 is 18.5 Å². The Morgan fingerprint density at radius 1 is 1.17 bits per heavy atom. The Morgan fingerprint density at radius 2 is 1.93 bits per heavy atom. The fraction of sp³-hybridized carbons (Fsp3) is 0.238. The number of nitrogens with one attached hydrogen (secondary N) is 1. The number of nitrogens with zero attached hydrogens (tertiary/aromatic N) is 2. The van der Waals surface area contributed by atoms with Crippen molar-refractivity contribution in [2.24, 2.45) is 0 Å². The van der Waals surface area contributed by atoms with E-state index in [1.165, 1.54) is 0 Å². The Hall–Kier alpha value is -3.20. The number of hydrogen-bond donors (Lipinski definition) is 1. The SMILES string of the molecule is Cc1cc(-n2c(C)cc(C(=O)COC(=O)CNC(=O)c3cccc(Br)c3)c2C)no1. The van der Waals surface area contributed by atoms with E-state index in [9.17, 15) is 14.4 Å². The van der Waals surface area contributed by atoms with Crippen LogP contribution in [0.2, 0.25) is 0 Å². The van der Waals surface area contributed by atoms with Crippen molar-refractivity contribution in [1.82, 2.24) is 15.0 Å². The lowest BCUT2D eigenvalue weighted by Gasteiger charge is -2.07. The fourth-order valence-corrected chi connectivity index (χ4v) is 3.41. The smallest absolute Gasteiger partial charge is 0.325 e. The summed E-state index contributed by atoms with van der Waals surface area (Å²) in [5.41, 5.74) is 2.31. The highest BCUT2D eigenvalue weighted by atomic mass is 79.9. The Kier molecular flexibility index (Phi) is 6.51. The molecule has 3 rings (SSSR count). The Labute approximate surface area is 181 Å². The van der Waals surface area contributed by atoms with E-state index in [0.29, 0.717) is 28.4 Å². The summed E-state index contributed by atoms with van der Waals surface area (Å²) in [5, 5.41) is 6.44. The van der Waals surface area contributed by atoms with Crippen molar-refractivity contribution < 1.29 is 23.6 Å². The van der Waals surface area contributed by atoms with Crippen molar-refractivity contribution in [3.8, 4) is 5.82 Å². The van der Waals surface area contributed by atoms with Crippen molar-refractivity contribution in [2.45, 2.75) is 20.8 Å². The molecule has 2 aromatic heterocycles. The van der Waals surface area contributed by atoms with Gasteiger partial charge in [-0.25, -0.2) is 0 Å². The quantitative estimate of drug-likeness (QED) is 0.417. The predicted octanol–water partition coefficient (Wildman–Crippen LogP) is 3.31. The summed E-state index contributed by atoms with van der Waals surface area (Å²) in [5.74, 6) is -0.224. The Bertz CT molecular complexity index is 1120. The van der Waals surface area contributed by atoms with Crippen LogP contribution in [0.4, 0.5) is 0 Å². The Balaban J connectivity index is 1.57. The van der Waals surface area contributed by atoms with Crippen molar-refractivity contribution in [3.63, 3.8) is 0 Å². The summed E-state index contributed by atoms with van der Waals surface area (Å²) in [6.07, 6.45) is 0. The molecule has 0 atom stereocenters. The van der Waals surface area contributed by atoms with Gasteiger partial charge >= 0.3 is 5.97 Å². The van der Waals surface area contributed by atoms with Gasteiger partial charge in [-0.2, -0.15) is 0 Å². The van der Waals surface area contributed by atoms with Gasteiger partial charge in [0.25, 0.3) is 5.91 Å². The highest BCUT2D eigenvalue weighted by molar-refractivity contribution is 9.10. The minimum absolute atomic E-state index is 0.337. The van der Waals surface area contributed by atoms with Crippen LogP contribution in [-0.2, 0) is 9.53 Å². The molecule has 2 heterocycles. The van der Waals surface area contributed by atoms with Crippen molar-refractivity contribution in [2.75, 3.05) is 13.2 Å². The minimum Gasteiger partial charge on any atom is -0.456 e. The number of halogens is 1. The maximum absolute atomic E-state index is 12.5. The average Bonchev–Trinajstić information content (AvgIpc) is 3.26.